The Kier molecular flexibility index (Phi) is 5.94. The van der Waals surface area contributed by atoms with Crippen LogP contribution in [0.15, 0.2) is 59.7 Å². The van der Waals surface area contributed by atoms with E-state index in [0.717, 1.165) is 11.3 Å². The zero-order chi connectivity index (χ0) is 16.5. The fraction of sp³-hybridized carbons (Fsp3) is 0.111. The topological polar surface area (TPSA) is 59.9 Å². The van der Waals surface area contributed by atoms with Gasteiger partial charge in [-0.05, 0) is 36.4 Å². The zero-order valence-corrected chi connectivity index (χ0v) is 13.0. The number of benzene rings is 2. The molecule has 0 saturated carbocycles. The standard InChI is InChI=1S/C18H18N2O3/c1-22-16-10-5-8-15(13-16)18(21)20-19-12-6-9-14-7-3-4-11-17(14)23-2/h3-13H,1-2H3,(H,20,21)/b9-6+,19-12-. The van der Waals surface area contributed by atoms with Crippen molar-refractivity contribution >= 4 is 18.2 Å². The van der Waals surface area contributed by atoms with E-state index in [1.54, 1.807) is 44.6 Å². The summed E-state index contributed by atoms with van der Waals surface area (Å²) in [5.74, 6) is 1.10. The maximum atomic E-state index is 11.9. The van der Waals surface area contributed by atoms with Crippen molar-refractivity contribution in [3.63, 3.8) is 0 Å². The third-order valence-electron chi connectivity index (χ3n) is 3.07. The van der Waals surface area contributed by atoms with Gasteiger partial charge in [0.15, 0.2) is 0 Å². The van der Waals surface area contributed by atoms with Crippen LogP contribution in [0.3, 0.4) is 0 Å². The molecule has 2 aromatic carbocycles. The highest BCUT2D eigenvalue weighted by Gasteiger charge is 2.04. The first-order valence-electron chi connectivity index (χ1n) is 7.01. The average molecular weight is 310 g/mol. The minimum Gasteiger partial charge on any atom is -0.497 e. The van der Waals surface area contributed by atoms with Crippen LogP contribution in [0.4, 0.5) is 0 Å². The first-order valence-corrected chi connectivity index (χ1v) is 7.01. The van der Waals surface area contributed by atoms with Crippen molar-refractivity contribution in [2.75, 3.05) is 14.2 Å². The lowest BCUT2D eigenvalue weighted by Crippen LogP contribution is -2.17. The normalized spacial score (nSPS) is 10.9. The number of carbonyl (C=O) groups excluding carboxylic acids is 1. The summed E-state index contributed by atoms with van der Waals surface area (Å²) in [4.78, 5) is 11.9. The van der Waals surface area contributed by atoms with Crippen LogP contribution < -0.4 is 14.9 Å². The number of hydrogen-bond acceptors (Lipinski definition) is 4. The SMILES string of the molecule is COc1cccc(C(=O)N/N=C\C=C\c2ccccc2OC)c1. The third-order valence-corrected chi connectivity index (χ3v) is 3.07. The monoisotopic (exact) mass is 310 g/mol. The second-order valence-electron chi connectivity index (χ2n) is 4.55. The Hall–Kier alpha value is -3.08. The number of nitrogens with zero attached hydrogens (tertiary/aromatic N) is 1. The van der Waals surface area contributed by atoms with Gasteiger partial charge in [0.1, 0.15) is 11.5 Å². The van der Waals surface area contributed by atoms with Gasteiger partial charge in [-0.1, -0.05) is 24.3 Å². The van der Waals surface area contributed by atoms with E-state index in [1.165, 1.54) is 6.21 Å². The largest absolute Gasteiger partial charge is 0.497 e. The van der Waals surface area contributed by atoms with Crippen molar-refractivity contribution in [2.45, 2.75) is 0 Å². The van der Waals surface area contributed by atoms with Crippen molar-refractivity contribution < 1.29 is 14.3 Å². The molecule has 23 heavy (non-hydrogen) atoms. The first-order chi connectivity index (χ1) is 11.2. The molecule has 0 radical (unpaired) electrons. The van der Waals surface area contributed by atoms with Crippen molar-refractivity contribution in [1.82, 2.24) is 5.43 Å². The molecule has 5 heteroatoms. The van der Waals surface area contributed by atoms with Gasteiger partial charge in [0, 0.05) is 17.3 Å². The summed E-state index contributed by atoms with van der Waals surface area (Å²) >= 11 is 0. The van der Waals surface area contributed by atoms with E-state index in [9.17, 15) is 4.79 Å². The number of hydrogen-bond donors (Lipinski definition) is 1. The van der Waals surface area contributed by atoms with Crippen LogP contribution in [0.1, 0.15) is 15.9 Å². The van der Waals surface area contributed by atoms with Gasteiger partial charge in [-0.15, -0.1) is 0 Å². The van der Waals surface area contributed by atoms with E-state index in [2.05, 4.69) is 10.5 Å². The average Bonchev–Trinajstić information content (AvgIpc) is 2.61. The zero-order valence-electron chi connectivity index (χ0n) is 13.0. The molecule has 0 spiro atoms. The van der Waals surface area contributed by atoms with Crippen LogP contribution in [-0.4, -0.2) is 26.3 Å². The Labute approximate surface area is 135 Å². The highest BCUT2D eigenvalue weighted by molar-refractivity contribution is 5.95. The van der Waals surface area contributed by atoms with E-state index >= 15 is 0 Å². The summed E-state index contributed by atoms with van der Waals surface area (Å²) < 4.78 is 10.3. The van der Waals surface area contributed by atoms with Crippen LogP contribution >= 0.6 is 0 Å². The van der Waals surface area contributed by atoms with Crippen molar-refractivity contribution in [2.24, 2.45) is 5.10 Å². The molecule has 0 bridgehead atoms. The Balaban J connectivity index is 1.93. The fourth-order valence-corrected chi connectivity index (χ4v) is 1.92. The molecular formula is C18H18N2O3. The van der Waals surface area contributed by atoms with Crippen molar-refractivity contribution in [3.8, 4) is 11.5 Å². The predicted molar refractivity (Wildman–Crippen MR) is 91.0 cm³/mol. The Bertz CT molecular complexity index is 724. The second kappa shape index (κ2) is 8.38. The summed E-state index contributed by atoms with van der Waals surface area (Å²) in [5, 5.41) is 3.88. The van der Waals surface area contributed by atoms with E-state index in [0.29, 0.717) is 11.3 Å². The van der Waals surface area contributed by atoms with Gasteiger partial charge in [-0.2, -0.15) is 5.10 Å². The van der Waals surface area contributed by atoms with E-state index in [4.69, 9.17) is 9.47 Å². The lowest BCUT2D eigenvalue weighted by atomic mass is 10.2. The summed E-state index contributed by atoms with van der Waals surface area (Å²) in [5.41, 5.74) is 3.87. The molecule has 1 amide bonds. The van der Waals surface area contributed by atoms with Gasteiger partial charge in [0.25, 0.3) is 5.91 Å². The molecule has 1 N–H and O–H groups in total. The number of hydrazone groups is 1. The molecule has 0 saturated heterocycles. The lowest BCUT2D eigenvalue weighted by molar-refractivity contribution is 0.0955. The molecule has 2 rings (SSSR count). The fourth-order valence-electron chi connectivity index (χ4n) is 1.92. The minimum absolute atomic E-state index is 0.300. The first kappa shape index (κ1) is 16.3. The Morgan fingerprint density at radius 3 is 2.70 bits per heavy atom. The van der Waals surface area contributed by atoms with E-state index < -0.39 is 0 Å². The third kappa shape index (κ3) is 4.71. The molecule has 5 nitrogen and oxygen atoms in total. The van der Waals surface area contributed by atoms with Gasteiger partial charge in [-0.25, -0.2) is 5.43 Å². The van der Waals surface area contributed by atoms with Crippen LogP contribution in [0, 0.1) is 0 Å². The molecule has 0 aromatic heterocycles. The molecule has 0 fully saturated rings. The van der Waals surface area contributed by atoms with E-state index in [1.807, 2.05) is 30.3 Å². The summed E-state index contributed by atoms with van der Waals surface area (Å²) in [6, 6.07) is 14.5. The molecule has 0 heterocycles. The number of allylic oxidation sites excluding steroid dienone is 1. The number of methoxy groups -OCH3 is 2. The van der Waals surface area contributed by atoms with Crippen LogP contribution in [0.2, 0.25) is 0 Å². The molecule has 118 valence electrons. The second-order valence-corrected chi connectivity index (χ2v) is 4.55. The van der Waals surface area contributed by atoms with Gasteiger partial charge < -0.3 is 9.47 Å². The van der Waals surface area contributed by atoms with Crippen LogP contribution in [0.25, 0.3) is 6.08 Å². The van der Waals surface area contributed by atoms with Crippen LogP contribution in [-0.2, 0) is 0 Å². The Morgan fingerprint density at radius 2 is 1.91 bits per heavy atom. The Morgan fingerprint density at radius 1 is 1.09 bits per heavy atom. The van der Waals surface area contributed by atoms with Crippen LogP contribution in [0.5, 0.6) is 11.5 Å². The molecule has 0 aliphatic rings. The van der Waals surface area contributed by atoms with Gasteiger partial charge in [0.05, 0.1) is 14.2 Å². The number of para-hydroxylation sites is 1. The quantitative estimate of drug-likeness (QED) is 0.658. The number of amides is 1. The number of nitrogens with one attached hydrogen (secondary N) is 1. The maximum Gasteiger partial charge on any atom is 0.271 e. The van der Waals surface area contributed by atoms with Crippen molar-refractivity contribution in [1.29, 1.82) is 0 Å². The highest BCUT2D eigenvalue weighted by atomic mass is 16.5. The summed E-state index contributed by atoms with van der Waals surface area (Å²) in [6.07, 6.45) is 5.08. The smallest absolute Gasteiger partial charge is 0.271 e. The minimum atomic E-state index is -0.300. The van der Waals surface area contributed by atoms with Gasteiger partial charge >= 0.3 is 0 Å². The summed E-state index contributed by atoms with van der Waals surface area (Å²) in [6.45, 7) is 0. The highest BCUT2D eigenvalue weighted by Crippen LogP contribution is 2.18. The molecule has 2 aromatic rings. The van der Waals surface area contributed by atoms with Crippen molar-refractivity contribution in [3.05, 3.63) is 65.7 Å². The number of ether oxygens (including phenoxy) is 2. The summed E-state index contributed by atoms with van der Waals surface area (Å²) in [7, 11) is 3.17. The molecule has 0 aliphatic carbocycles. The lowest BCUT2D eigenvalue weighted by Gasteiger charge is -2.03. The van der Waals surface area contributed by atoms with Gasteiger partial charge in [-0.3, -0.25) is 4.79 Å². The molecular weight excluding hydrogens is 292 g/mol. The predicted octanol–water partition coefficient (Wildman–Crippen LogP) is 3.13. The molecule has 0 aliphatic heterocycles. The van der Waals surface area contributed by atoms with E-state index in [-0.39, 0.29) is 5.91 Å². The maximum absolute atomic E-state index is 11.9. The van der Waals surface area contributed by atoms with Gasteiger partial charge in [0.2, 0.25) is 0 Å². The number of carbonyl (C=O) groups is 1. The molecule has 0 atom stereocenters. The number of rotatable bonds is 6. The molecule has 0 unspecified atom stereocenters.